The molecular formula is C35H46N8O4. The van der Waals surface area contributed by atoms with Crippen LogP contribution in [-0.2, 0) is 22.5 Å². The molecule has 1 unspecified atom stereocenters. The van der Waals surface area contributed by atoms with Gasteiger partial charge in [-0.1, -0.05) is 24.3 Å². The Labute approximate surface area is 276 Å². The van der Waals surface area contributed by atoms with Gasteiger partial charge in [-0.2, -0.15) is 5.10 Å². The van der Waals surface area contributed by atoms with Gasteiger partial charge < -0.3 is 29.7 Å². The minimum Gasteiger partial charge on any atom is -0.436 e. The van der Waals surface area contributed by atoms with E-state index in [1.807, 2.05) is 53.1 Å². The summed E-state index contributed by atoms with van der Waals surface area (Å²) in [5.74, 6) is -0.126. The Morgan fingerprint density at radius 2 is 1.64 bits per heavy atom. The van der Waals surface area contributed by atoms with Crippen LogP contribution in [0.3, 0.4) is 0 Å². The van der Waals surface area contributed by atoms with Crippen molar-refractivity contribution in [1.82, 2.24) is 34.7 Å². The number of piperidine rings is 2. The zero-order chi connectivity index (χ0) is 32.5. The number of piperazine rings is 1. The zero-order valence-electron chi connectivity index (χ0n) is 27.5. The van der Waals surface area contributed by atoms with Gasteiger partial charge in [0.15, 0.2) is 6.10 Å². The smallest absolute Gasteiger partial charge is 0.410 e. The van der Waals surface area contributed by atoms with Crippen LogP contribution in [0.2, 0.25) is 0 Å². The molecule has 12 heteroatoms. The van der Waals surface area contributed by atoms with Gasteiger partial charge in [0.2, 0.25) is 0 Å². The Morgan fingerprint density at radius 3 is 2.40 bits per heavy atom. The summed E-state index contributed by atoms with van der Waals surface area (Å²) in [5, 5.41) is 11.2. The number of aromatic nitrogens is 2. The van der Waals surface area contributed by atoms with Gasteiger partial charge in [-0.25, -0.2) is 9.59 Å². The molecule has 250 valence electrons. The summed E-state index contributed by atoms with van der Waals surface area (Å²) < 4.78 is 6.11. The number of para-hydroxylation sites is 1. The van der Waals surface area contributed by atoms with Crippen LogP contribution in [0.5, 0.6) is 0 Å². The first-order chi connectivity index (χ1) is 22.8. The van der Waals surface area contributed by atoms with Gasteiger partial charge in [-0.3, -0.25) is 14.8 Å². The molecule has 5 heterocycles. The summed E-state index contributed by atoms with van der Waals surface area (Å²) in [6.07, 6.45) is 3.85. The van der Waals surface area contributed by atoms with Crippen molar-refractivity contribution in [3.05, 3.63) is 59.3 Å². The number of fused-ring (bicyclic) bond motifs is 2. The van der Waals surface area contributed by atoms with Crippen LogP contribution in [-0.4, -0.2) is 130 Å². The van der Waals surface area contributed by atoms with Crippen LogP contribution < -0.4 is 5.32 Å². The molecule has 4 aliphatic rings. The number of anilines is 1. The van der Waals surface area contributed by atoms with E-state index in [0.717, 1.165) is 72.3 Å². The van der Waals surface area contributed by atoms with Crippen molar-refractivity contribution >= 4 is 34.6 Å². The Morgan fingerprint density at radius 1 is 0.936 bits per heavy atom. The third kappa shape index (κ3) is 6.80. The first-order valence-electron chi connectivity index (χ1n) is 17.1. The molecule has 0 spiro atoms. The summed E-state index contributed by atoms with van der Waals surface area (Å²) in [6.45, 7) is 9.11. The standard InChI is InChI=1S/C35H46N8O4/c1-24-19-25(20-27-22-36-38-32(24)27)21-31(33(44)41-11-7-28(8-12-41)40-17-15-39(2)16-18-40)47-35(46)42-13-9-29(10-14-42)43-23-26-5-3-4-6-30(26)37-34(43)45/h3-6,19-20,22,28-29,31H,7-18,21,23H2,1-2H3,(H,36,38)(H,37,45). The Balaban J connectivity index is 1.00. The summed E-state index contributed by atoms with van der Waals surface area (Å²) in [7, 11) is 2.17. The fourth-order valence-corrected chi connectivity index (χ4v) is 7.74. The summed E-state index contributed by atoms with van der Waals surface area (Å²) in [6, 6.07) is 12.3. The minimum atomic E-state index is -0.923. The van der Waals surface area contributed by atoms with E-state index in [1.165, 1.54) is 0 Å². The fourth-order valence-electron chi connectivity index (χ4n) is 7.74. The number of ether oxygens (including phenoxy) is 1. The second kappa shape index (κ2) is 13.5. The number of carbonyl (C=O) groups is 3. The van der Waals surface area contributed by atoms with Crippen LogP contribution in [0.1, 0.15) is 42.4 Å². The topological polar surface area (TPSA) is 117 Å². The van der Waals surface area contributed by atoms with Crippen LogP contribution in [0, 0.1) is 6.92 Å². The quantitative estimate of drug-likeness (QED) is 0.422. The number of nitrogens with one attached hydrogen (secondary N) is 2. The number of aryl methyl sites for hydroxylation is 1. The van der Waals surface area contributed by atoms with Crippen LogP contribution >= 0.6 is 0 Å². The Bertz CT molecular complexity index is 1600. The van der Waals surface area contributed by atoms with Crippen molar-refractivity contribution in [3.8, 4) is 0 Å². The number of benzene rings is 2. The predicted octanol–water partition coefficient (Wildman–Crippen LogP) is 3.67. The maximum absolute atomic E-state index is 14.1. The van der Waals surface area contributed by atoms with E-state index in [4.69, 9.17) is 4.74 Å². The first-order valence-corrected chi connectivity index (χ1v) is 17.1. The SMILES string of the molecule is Cc1cc(CC(OC(=O)N2CCC(N3Cc4ccccc4NC3=O)CC2)C(=O)N2CCC(N3CCN(C)CC3)CC2)cc2cn[nH]c12. The Hall–Kier alpha value is -4.16. The molecule has 3 saturated heterocycles. The number of H-pyrrole nitrogens is 1. The molecule has 1 aromatic heterocycles. The number of carbonyl (C=O) groups excluding carboxylic acids is 3. The number of aromatic amines is 1. The monoisotopic (exact) mass is 642 g/mol. The predicted molar refractivity (Wildman–Crippen MR) is 179 cm³/mol. The van der Waals surface area contributed by atoms with Gasteiger partial charge >= 0.3 is 12.1 Å². The van der Waals surface area contributed by atoms with Gasteiger partial charge in [0.05, 0.1) is 11.7 Å². The van der Waals surface area contributed by atoms with Crippen molar-refractivity contribution in [1.29, 1.82) is 0 Å². The summed E-state index contributed by atoms with van der Waals surface area (Å²) >= 11 is 0. The molecule has 0 radical (unpaired) electrons. The molecule has 4 aliphatic heterocycles. The van der Waals surface area contributed by atoms with Crippen molar-refractivity contribution in [3.63, 3.8) is 0 Å². The molecular weight excluding hydrogens is 596 g/mol. The number of rotatable bonds is 6. The molecule has 1 atom stereocenters. The number of hydrogen-bond donors (Lipinski definition) is 2. The number of nitrogens with zero attached hydrogens (tertiary/aromatic N) is 6. The van der Waals surface area contributed by atoms with Crippen LogP contribution in [0.15, 0.2) is 42.6 Å². The van der Waals surface area contributed by atoms with Gasteiger partial charge in [0.1, 0.15) is 0 Å². The van der Waals surface area contributed by atoms with Gasteiger partial charge in [-0.15, -0.1) is 0 Å². The third-order valence-electron chi connectivity index (χ3n) is 10.6. The van der Waals surface area contributed by atoms with Gasteiger partial charge in [0, 0.05) is 88.5 Å². The summed E-state index contributed by atoms with van der Waals surface area (Å²) in [4.78, 5) is 51.0. The van der Waals surface area contributed by atoms with E-state index < -0.39 is 12.2 Å². The number of likely N-dealkylation sites (N-methyl/N-ethyl adjacent to an activating group) is 1. The minimum absolute atomic E-state index is 0.0242. The van der Waals surface area contributed by atoms with E-state index >= 15 is 0 Å². The highest BCUT2D eigenvalue weighted by Crippen LogP contribution is 2.28. The first kappa shape index (κ1) is 31.4. The average molecular weight is 643 g/mol. The molecule has 0 bridgehead atoms. The van der Waals surface area contributed by atoms with E-state index in [0.29, 0.717) is 58.0 Å². The second-order valence-electron chi connectivity index (χ2n) is 13.7. The number of likely N-dealkylation sites (tertiary alicyclic amines) is 2. The lowest BCUT2D eigenvalue weighted by molar-refractivity contribution is -0.142. The molecule has 12 nitrogen and oxygen atoms in total. The molecule has 0 saturated carbocycles. The van der Waals surface area contributed by atoms with Gasteiger partial charge in [0.25, 0.3) is 5.91 Å². The largest absolute Gasteiger partial charge is 0.436 e. The van der Waals surface area contributed by atoms with Crippen molar-refractivity contribution in [2.45, 2.75) is 63.8 Å². The average Bonchev–Trinajstić information content (AvgIpc) is 3.57. The molecule has 4 amide bonds. The lowest BCUT2D eigenvalue weighted by atomic mass is 9.99. The van der Waals surface area contributed by atoms with Crippen molar-refractivity contribution < 1.29 is 19.1 Å². The molecule has 3 aromatic rings. The van der Waals surface area contributed by atoms with E-state index in [2.05, 4.69) is 32.4 Å². The molecule has 7 rings (SSSR count). The number of urea groups is 1. The van der Waals surface area contributed by atoms with Crippen molar-refractivity contribution in [2.75, 3.05) is 64.7 Å². The highest BCUT2D eigenvalue weighted by Gasteiger charge is 2.37. The Kier molecular flexibility index (Phi) is 9.05. The van der Waals surface area contributed by atoms with Crippen LogP contribution in [0.25, 0.3) is 10.9 Å². The fraction of sp³-hybridized carbons (Fsp3) is 0.543. The highest BCUT2D eigenvalue weighted by molar-refractivity contribution is 5.92. The number of hydrogen-bond acceptors (Lipinski definition) is 7. The molecule has 2 aromatic carbocycles. The van der Waals surface area contributed by atoms with E-state index in [-0.39, 0.29) is 18.0 Å². The lowest BCUT2D eigenvalue weighted by Crippen LogP contribution is -2.55. The van der Waals surface area contributed by atoms with Crippen molar-refractivity contribution in [2.24, 2.45) is 0 Å². The maximum atomic E-state index is 14.1. The molecule has 3 fully saturated rings. The normalized spacial score (nSPS) is 21.1. The second-order valence-corrected chi connectivity index (χ2v) is 13.7. The van der Waals surface area contributed by atoms with Gasteiger partial charge in [-0.05, 0) is 68.5 Å². The third-order valence-corrected chi connectivity index (χ3v) is 10.6. The molecule has 0 aliphatic carbocycles. The molecule has 47 heavy (non-hydrogen) atoms. The lowest BCUT2D eigenvalue weighted by Gasteiger charge is -2.42. The zero-order valence-corrected chi connectivity index (χ0v) is 27.5. The summed E-state index contributed by atoms with van der Waals surface area (Å²) in [5.41, 5.74) is 4.88. The maximum Gasteiger partial charge on any atom is 0.410 e. The molecule has 2 N–H and O–H groups in total. The van der Waals surface area contributed by atoms with E-state index in [9.17, 15) is 14.4 Å². The van der Waals surface area contributed by atoms with Crippen LogP contribution in [0.4, 0.5) is 15.3 Å². The number of amides is 4. The van der Waals surface area contributed by atoms with E-state index in [1.54, 1.807) is 11.1 Å². The highest BCUT2D eigenvalue weighted by atomic mass is 16.6.